The number of thiophene rings is 1. The average molecular weight is 395 g/mol. The van der Waals surface area contributed by atoms with Crippen LogP contribution in [0.15, 0.2) is 59.6 Å². The van der Waals surface area contributed by atoms with Crippen molar-refractivity contribution in [2.75, 3.05) is 6.54 Å². The number of nitrogens with one attached hydrogen (secondary N) is 1. The van der Waals surface area contributed by atoms with Gasteiger partial charge < -0.3 is 5.32 Å². The van der Waals surface area contributed by atoms with Gasteiger partial charge in [0.1, 0.15) is 9.88 Å². The summed E-state index contributed by atoms with van der Waals surface area (Å²) >= 11 is 3.08. The lowest BCUT2D eigenvalue weighted by Crippen LogP contribution is -2.25. The van der Waals surface area contributed by atoms with Crippen molar-refractivity contribution in [2.24, 2.45) is 0 Å². The number of carbonyl (C=O) groups is 1. The summed E-state index contributed by atoms with van der Waals surface area (Å²) in [5.74, 6) is -0.0559. The fourth-order valence-corrected chi connectivity index (χ4v) is 4.45. The Labute approximate surface area is 165 Å². The molecule has 0 aliphatic carbocycles. The van der Waals surface area contributed by atoms with Gasteiger partial charge in [-0.25, -0.2) is 9.67 Å². The van der Waals surface area contributed by atoms with Gasteiger partial charge in [-0.1, -0.05) is 12.1 Å². The number of benzene rings is 1. The van der Waals surface area contributed by atoms with Crippen LogP contribution in [0.4, 0.5) is 0 Å². The van der Waals surface area contributed by atoms with Gasteiger partial charge in [0, 0.05) is 29.9 Å². The first-order valence-electron chi connectivity index (χ1n) is 8.58. The molecule has 1 aromatic carbocycles. The van der Waals surface area contributed by atoms with E-state index in [9.17, 15) is 4.79 Å². The van der Waals surface area contributed by atoms with E-state index in [1.165, 1.54) is 16.9 Å². The van der Waals surface area contributed by atoms with Crippen LogP contribution in [0, 0.1) is 6.92 Å². The van der Waals surface area contributed by atoms with E-state index in [0.717, 1.165) is 28.4 Å². The number of rotatable bonds is 6. The third-order valence-electron chi connectivity index (χ3n) is 4.18. The van der Waals surface area contributed by atoms with Crippen molar-refractivity contribution >= 4 is 28.6 Å². The van der Waals surface area contributed by atoms with Gasteiger partial charge in [0.25, 0.3) is 5.91 Å². The SMILES string of the molecule is Cc1nc(-c2ccsc2)sc1C(=O)NCCc1ccc(-n2cccn2)cc1. The van der Waals surface area contributed by atoms with Crippen molar-refractivity contribution in [1.29, 1.82) is 0 Å². The van der Waals surface area contributed by atoms with E-state index in [4.69, 9.17) is 0 Å². The Morgan fingerprint density at radius 1 is 1.22 bits per heavy atom. The Balaban J connectivity index is 1.34. The van der Waals surface area contributed by atoms with E-state index in [2.05, 4.69) is 27.5 Å². The summed E-state index contributed by atoms with van der Waals surface area (Å²) in [6.07, 6.45) is 4.45. The van der Waals surface area contributed by atoms with Gasteiger partial charge in [-0.15, -0.1) is 11.3 Å². The van der Waals surface area contributed by atoms with E-state index in [-0.39, 0.29) is 5.91 Å². The largest absolute Gasteiger partial charge is 0.351 e. The van der Waals surface area contributed by atoms with Crippen LogP contribution in [0.1, 0.15) is 20.9 Å². The number of amides is 1. The van der Waals surface area contributed by atoms with Crippen LogP contribution in [-0.4, -0.2) is 27.2 Å². The van der Waals surface area contributed by atoms with Crippen molar-refractivity contribution in [3.63, 3.8) is 0 Å². The quantitative estimate of drug-likeness (QED) is 0.529. The lowest BCUT2D eigenvalue weighted by atomic mass is 10.1. The predicted molar refractivity (Wildman–Crippen MR) is 110 cm³/mol. The molecule has 1 N–H and O–H groups in total. The van der Waals surface area contributed by atoms with E-state index in [1.54, 1.807) is 17.5 Å². The fraction of sp³-hybridized carbons (Fsp3) is 0.150. The van der Waals surface area contributed by atoms with E-state index in [0.29, 0.717) is 11.4 Å². The highest BCUT2D eigenvalue weighted by Gasteiger charge is 2.16. The molecule has 3 aromatic heterocycles. The fourth-order valence-electron chi connectivity index (χ4n) is 2.75. The normalized spacial score (nSPS) is 10.9. The summed E-state index contributed by atoms with van der Waals surface area (Å²) in [5, 5.41) is 12.2. The molecule has 136 valence electrons. The molecule has 1 amide bonds. The predicted octanol–water partition coefficient (Wildman–Crippen LogP) is 4.34. The number of thiazole rings is 1. The molecule has 0 bridgehead atoms. The first-order valence-corrected chi connectivity index (χ1v) is 10.3. The molecule has 5 nitrogen and oxygen atoms in total. The minimum atomic E-state index is -0.0559. The summed E-state index contributed by atoms with van der Waals surface area (Å²) in [7, 11) is 0. The molecular weight excluding hydrogens is 376 g/mol. The molecule has 0 unspecified atom stereocenters. The van der Waals surface area contributed by atoms with Gasteiger partial charge in [0.05, 0.1) is 11.4 Å². The van der Waals surface area contributed by atoms with Gasteiger partial charge >= 0.3 is 0 Å². The summed E-state index contributed by atoms with van der Waals surface area (Å²) in [6.45, 7) is 2.47. The number of hydrogen-bond donors (Lipinski definition) is 1. The van der Waals surface area contributed by atoms with Crippen molar-refractivity contribution in [1.82, 2.24) is 20.1 Å². The zero-order valence-electron chi connectivity index (χ0n) is 14.8. The lowest BCUT2D eigenvalue weighted by Gasteiger charge is -2.06. The summed E-state index contributed by atoms with van der Waals surface area (Å²) in [5.41, 5.74) is 4.05. The van der Waals surface area contributed by atoms with Crippen molar-refractivity contribution in [3.05, 3.63) is 75.7 Å². The number of nitrogens with zero attached hydrogens (tertiary/aromatic N) is 3. The van der Waals surface area contributed by atoms with Crippen LogP contribution in [-0.2, 0) is 6.42 Å². The molecule has 0 aliphatic rings. The van der Waals surface area contributed by atoms with E-state index in [1.807, 2.05) is 52.8 Å². The molecule has 0 aliphatic heterocycles. The van der Waals surface area contributed by atoms with Crippen LogP contribution in [0.2, 0.25) is 0 Å². The van der Waals surface area contributed by atoms with Crippen LogP contribution >= 0.6 is 22.7 Å². The number of aryl methyl sites for hydroxylation is 1. The van der Waals surface area contributed by atoms with Gasteiger partial charge in [0.15, 0.2) is 0 Å². The van der Waals surface area contributed by atoms with E-state index >= 15 is 0 Å². The number of hydrogen-bond acceptors (Lipinski definition) is 5. The van der Waals surface area contributed by atoms with Crippen LogP contribution in [0.5, 0.6) is 0 Å². The summed E-state index contributed by atoms with van der Waals surface area (Å²) in [6, 6.07) is 12.1. The maximum atomic E-state index is 12.5. The molecule has 7 heteroatoms. The number of carbonyl (C=O) groups excluding carboxylic acids is 1. The van der Waals surface area contributed by atoms with Gasteiger partial charge in [0.2, 0.25) is 0 Å². The molecule has 4 aromatic rings. The molecule has 0 saturated carbocycles. The first kappa shape index (κ1) is 17.6. The third-order valence-corrected chi connectivity index (χ3v) is 6.06. The molecule has 0 radical (unpaired) electrons. The Hall–Kier alpha value is -2.77. The average Bonchev–Trinajstić information content (AvgIpc) is 3.43. The Bertz CT molecular complexity index is 1020. The first-order chi connectivity index (χ1) is 13.2. The second kappa shape index (κ2) is 7.85. The lowest BCUT2D eigenvalue weighted by molar-refractivity contribution is 0.0957. The van der Waals surface area contributed by atoms with Crippen molar-refractivity contribution < 1.29 is 4.79 Å². The standard InChI is InChI=1S/C20H18N4OS2/c1-14-18(27-20(23-14)16-8-12-26-13-16)19(25)21-10-7-15-3-5-17(6-4-15)24-11-2-9-22-24/h2-6,8-9,11-13H,7,10H2,1H3,(H,21,25). The van der Waals surface area contributed by atoms with Crippen LogP contribution in [0.3, 0.4) is 0 Å². The molecular formula is C20H18N4OS2. The molecule has 4 rings (SSSR count). The zero-order valence-corrected chi connectivity index (χ0v) is 16.4. The maximum Gasteiger partial charge on any atom is 0.263 e. The smallest absolute Gasteiger partial charge is 0.263 e. The number of aromatic nitrogens is 3. The highest BCUT2D eigenvalue weighted by molar-refractivity contribution is 7.17. The summed E-state index contributed by atoms with van der Waals surface area (Å²) < 4.78 is 1.82. The molecule has 0 saturated heterocycles. The Morgan fingerprint density at radius 3 is 2.78 bits per heavy atom. The molecule has 0 atom stereocenters. The Morgan fingerprint density at radius 2 is 2.07 bits per heavy atom. The monoisotopic (exact) mass is 394 g/mol. The van der Waals surface area contributed by atoms with Gasteiger partial charge in [-0.2, -0.15) is 16.4 Å². The molecule has 27 heavy (non-hydrogen) atoms. The Kier molecular flexibility index (Phi) is 5.13. The van der Waals surface area contributed by atoms with Crippen LogP contribution in [0.25, 0.3) is 16.3 Å². The summed E-state index contributed by atoms with van der Waals surface area (Å²) in [4.78, 5) is 17.7. The highest BCUT2D eigenvalue weighted by atomic mass is 32.1. The maximum absolute atomic E-state index is 12.5. The topological polar surface area (TPSA) is 59.8 Å². The van der Waals surface area contributed by atoms with Crippen LogP contribution < -0.4 is 5.32 Å². The minimum absolute atomic E-state index is 0.0559. The second-order valence-corrected chi connectivity index (χ2v) is 7.85. The minimum Gasteiger partial charge on any atom is -0.351 e. The zero-order chi connectivity index (χ0) is 18.6. The third kappa shape index (κ3) is 3.99. The van der Waals surface area contributed by atoms with Gasteiger partial charge in [-0.05, 0) is 48.6 Å². The van der Waals surface area contributed by atoms with Crippen molar-refractivity contribution in [3.8, 4) is 16.3 Å². The van der Waals surface area contributed by atoms with Gasteiger partial charge in [-0.3, -0.25) is 4.79 Å². The molecule has 3 heterocycles. The molecule has 0 fully saturated rings. The highest BCUT2D eigenvalue weighted by Crippen LogP contribution is 2.29. The van der Waals surface area contributed by atoms with E-state index < -0.39 is 0 Å². The van der Waals surface area contributed by atoms with Crippen molar-refractivity contribution in [2.45, 2.75) is 13.3 Å². The second-order valence-electron chi connectivity index (χ2n) is 6.07. The molecule has 0 spiro atoms.